The second-order valence-corrected chi connectivity index (χ2v) is 5.48. The lowest BCUT2D eigenvalue weighted by molar-refractivity contribution is 0.564. The van der Waals surface area contributed by atoms with Gasteiger partial charge in [0, 0.05) is 24.8 Å². The highest BCUT2D eigenvalue weighted by molar-refractivity contribution is 5.56. The average Bonchev–Trinajstić information content (AvgIpc) is 2.82. The Morgan fingerprint density at radius 3 is 3.12 bits per heavy atom. The zero-order chi connectivity index (χ0) is 11.7. The van der Waals surface area contributed by atoms with Crippen LogP contribution < -0.4 is 10.2 Å². The van der Waals surface area contributed by atoms with E-state index in [2.05, 4.69) is 35.3 Å². The van der Waals surface area contributed by atoms with Crippen molar-refractivity contribution in [3.8, 4) is 0 Å². The van der Waals surface area contributed by atoms with E-state index in [0.29, 0.717) is 6.04 Å². The van der Waals surface area contributed by atoms with Gasteiger partial charge in [0.1, 0.15) is 0 Å². The fourth-order valence-electron chi connectivity index (χ4n) is 3.17. The summed E-state index contributed by atoms with van der Waals surface area (Å²) >= 11 is 0. The summed E-state index contributed by atoms with van der Waals surface area (Å²) in [7, 11) is 0. The zero-order valence-electron chi connectivity index (χ0n) is 10.7. The van der Waals surface area contributed by atoms with Gasteiger partial charge < -0.3 is 10.2 Å². The molecule has 17 heavy (non-hydrogen) atoms. The molecule has 0 amide bonds. The Balaban J connectivity index is 1.78. The SMILES string of the molecule is Cc1ccc2c(c1)CCCN2CC1CCCN1. The third-order valence-corrected chi connectivity index (χ3v) is 4.05. The van der Waals surface area contributed by atoms with E-state index < -0.39 is 0 Å². The largest absolute Gasteiger partial charge is 0.370 e. The van der Waals surface area contributed by atoms with E-state index in [0.717, 1.165) is 0 Å². The van der Waals surface area contributed by atoms with E-state index in [1.807, 2.05) is 0 Å². The van der Waals surface area contributed by atoms with Gasteiger partial charge in [-0.05, 0) is 50.8 Å². The number of anilines is 1. The summed E-state index contributed by atoms with van der Waals surface area (Å²) in [5, 5.41) is 3.60. The molecule has 2 heteroatoms. The maximum Gasteiger partial charge on any atom is 0.0399 e. The summed E-state index contributed by atoms with van der Waals surface area (Å²) in [6.45, 7) is 5.82. The monoisotopic (exact) mass is 230 g/mol. The van der Waals surface area contributed by atoms with Crippen molar-refractivity contribution in [1.82, 2.24) is 5.32 Å². The van der Waals surface area contributed by atoms with Gasteiger partial charge in [-0.1, -0.05) is 17.7 Å². The van der Waals surface area contributed by atoms with Crippen LogP contribution in [0.3, 0.4) is 0 Å². The molecule has 0 saturated carbocycles. The van der Waals surface area contributed by atoms with Crippen LogP contribution in [0, 0.1) is 6.92 Å². The molecule has 2 nitrogen and oxygen atoms in total. The van der Waals surface area contributed by atoms with Gasteiger partial charge in [-0.15, -0.1) is 0 Å². The van der Waals surface area contributed by atoms with Crippen LogP contribution in [-0.2, 0) is 6.42 Å². The molecular formula is C15H22N2. The summed E-state index contributed by atoms with van der Waals surface area (Å²) < 4.78 is 0. The minimum Gasteiger partial charge on any atom is -0.370 e. The topological polar surface area (TPSA) is 15.3 Å². The molecule has 0 radical (unpaired) electrons. The van der Waals surface area contributed by atoms with Gasteiger partial charge >= 0.3 is 0 Å². The van der Waals surface area contributed by atoms with Gasteiger partial charge in [0.15, 0.2) is 0 Å². The lowest BCUT2D eigenvalue weighted by Gasteiger charge is -2.33. The van der Waals surface area contributed by atoms with Crippen LogP contribution in [0.25, 0.3) is 0 Å². The third kappa shape index (κ3) is 2.32. The van der Waals surface area contributed by atoms with Crippen molar-refractivity contribution in [1.29, 1.82) is 0 Å². The zero-order valence-corrected chi connectivity index (χ0v) is 10.7. The summed E-state index contributed by atoms with van der Waals surface area (Å²) in [5.41, 5.74) is 4.43. The summed E-state index contributed by atoms with van der Waals surface area (Å²) in [6.07, 6.45) is 5.26. The van der Waals surface area contributed by atoms with Gasteiger partial charge in [0.05, 0.1) is 0 Å². The Hall–Kier alpha value is -1.02. The third-order valence-electron chi connectivity index (χ3n) is 4.05. The van der Waals surface area contributed by atoms with Crippen LogP contribution in [0.2, 0.25) is 0 Å². The van der Waals surface area contributed by atoms with Crippen LogP contribution in [0.15, 0.2) is 18.2 Å². The number of nitrogens with zero attached hydrogens (tertiary/aromatic N) is 1. The minimum absolute atomic E-state index is 0.710. The van der Waals surface area contributed by atoms with E-state index in [-0.39, 0.29) is 0 Å². The Labute approximate surface area is 104 Å². The summed E-state index contributed by atoms with van der Waals surface area (Å²) in [5.74, 6) is 0. The van der Waals surface area contributed by atoms with Crippen molar-refractivity contribution in [3.05, 3.63) is 29.3 Å². The fourth-order valence-corrected chi connectivity index (χ4v) is 3.17. The van der Waals surface area contributed by atoms with E-state index >= 15 is 0 Å². The van der Waals surface area contributed by atoms with Gasteiger partial charge in [0.25, 0.3) is 0 Å². The second kappa shape index (κ2) is 4.69. The number of aryl methyl sites for hydroxylation is 2. The molecule has 1 fully saturated rings. The molecule has 2 aliphatic rings. The number of hydrogen-bond acceptors (Lipinski definition) is 2. The number of nitrogens with one attached hydrogen (secondary N) is 1. The van der Waals surface area contributed by atoms with Crippen molar-refractivity contribution in [2.45, 2.75) is 38.6 Å². The Morgan fingerprint density at radius 2 is 2.29 bits per heavy atom. The first-order valence-electron chi connectivity index (χ1n) is 6.91. The number of benzene rings is 1. The molecule has 0 spiro atoms. The Morgan fingerprint density at radius 1 is 1.35 bits per heavy atom. The highest BCUT2D eigenvalue weighted by atomic mass is 15.2. The lowest BCUT2D eigenvalue weighted by Crippen LogP contribution is -2.40. The Kier molecular flexibility index (Phi) is 3.06. The molecular weight excluding hydrogens is 208 g/mol. The standard InChI is InChI=1S/C15H22N2/c1-12-6-7-15-13(10-12)4-3-9-17(15)11-14-5-2-8-16-14/h6-7,10,14,16H,2-5,8-9,11H2,1H3. The first-order valence-corrected chi connectivity index (χ1v) is 6.91. The molecule has 1 saturated heterocycles. The number of rotatable bonds is 2. The van der Waals surface area contributed by atoms with Crippen molar-refractivity contribution >= 4 is 5.69 Å². The van der Waals surface area contributed by atoms with E-state index in [1.54, 1.807) is 5.56 Å². The van der Waals surface area contributed by atoms with E-state index in [1.165, 1.54) is 56.6 Å². The van der Waals surface area contributed by atoms with Crippen molar-refractivity contribution in [2.75, 3.05) is 24.5 Å². The quantitative estimate of drug-likeness (QED) is 0.840. The predicted molar refractivity (Wildman–Crippen MR) is 72.7 cm³/mol. The predicted octanol–water partition coefficient (Wildman–Crippen LogP) is 2.50. The molecule has 0 aliphatic carbocycles. The summed E-state index contributed by atoms with van der Waals surface area (Å²) in [6, 6.07) is 7.64. The normalized spacial score (nSPS) is 23.8. The molecule has 1 unspecified atom stereocenters. The highest BCUT2D eigenvalue weighted by Gasteiger charge is 2.21. The van der Waals surface area contributed by atoms with Crippen LogP contribution >= 0.6 is 0 Å². The molecule has 1 atom stereocenters. The molecule has 92 valence electrons. The first-order chi connectivity index (χ1) is 8.33. The van der Waals surface area contributed by atoms with Crippen LogP contribution in [0.5, 0.6) is 0 Å². The average molecular weight is 230 g/mol. The van der Waals surface area contributed by atoms with Crippen molar-refractivity contribution in [2.24, 2.45) is 0 Å². The molecule has 0 aromatic heterocycles. The molecule has 1 N–H and O–H groups in total. The smallest absolute Gasteiger partial charge is 0.0399 e. The molecule has 1 aromatic rings. The van der Waals surface area contributed by atoms with Gasteiger partial charge in [-0.3, -0.25) is 0 Å². The molecule has 1 aromatic carbocycles. The van der Waals surface area contributed by atoms with Crippen LogP contribution in [-0.4, -0.2) is 25.7 Å². The van der Waals surface area contributed by atoms with Crippen LogP contribution in [0.1, 0.15) is 30.4 Å². The first kappa shape index (κ1) is 11.1. The van der Waals surface area contributed by atoms with Gasteiger partial charge in [-0.2, -0.15) is 0 Å². The van der Waals surface area contributed by atoms with Crippen LogP contribution in [0.4, 0.5) is 5.69 Å². The van der Waals surface area contributed by atoms with Crippen molar-refractivity contribution in [3.63, 3.8) is 0 Å². The maximum atomic E-state index is 3.60. The van der Waals surface area contributed by atoms with Gasteiger partial charge in [0.2, 0.25) is 0 Å². The molecule has 0 bridgehead atoms. The summed E-state index contributed by atoms with van der Waals surface area (Å²) in [4.78, 5) is 2.58. The van der Waals surface area contributed by atoms with Gasteiger partial charge in [-0.25, -0.2) is 0 Å². The lowest BCUT2D eigenvalue weighted by atomic mass is 9.99. The number of fused-ring (bicyclic) bond motifs is 1. The Bertz CT molecular complexity index is 394. The van der Waals surface area contributed by atoms with Crippen molar-refractivity contribution < 1.29 is 0 Å². The second-order valence-electron chi connectivity index (χ2n) is 5.48. The highest BCUT2D eigenvalue weighted by Crippen LogP contribution is 2.28. The van der Waals surface area contributed by atoms with E-state index in [4.69, 9.17) is 0 Å². The molecule has 2 heterocycles. The minimum atomic E-state index is 0.710. The molecule has 3 rings (SSSR count). The van der Waals surface area contributed by atoms with E-state index in [9.17, 15) is 0 Å². The fraction of sp³-hybridized carbons (Fsp3) is 0.600. The number of hydrogen-bond donors (Lipinski definition) is 1. The maximum absolute atomic E-state index is 3.60. The molecule has 2 aliphatic heterocycles.